The van der Waals surface area contributed by atoms with Crippen LogP contribution in [0.25, 0.3) is 16.2 Å². The Morgan fingerprint density at radius 1 is 1.19 bits per heavy atom. The number of hydrogen-bond donors (Lipinski definition) is 1. The van der Waals surface area contributed by atoms with Gasteiger partial charge in [-0.1, -0.05) is 23.9 Å². The van der Waals surface area contributed by atoms with Gasteiger partial charge in [-0.25, -0.2) is 9.97 Å². The number of imidazole rings is 1. The molecule has 0 saturated heterocycles. The molecule has 31 heavy (non-hydrogen) atoms. The van der Waals surface area contributed by atoms with Gasteiger partial charge in [0.05, 0.1) is 17.4 Å². The second-order valence-electron chi connectivity index (χ2n) is 7.86. The molecular weight excluding hydrogens is 430 g/mol. The van der Waals surface area contributed by atoms with E-state index >= 15 is 0 Å². The van der Waals surface area contributed by atoms with Crippen LogP contribution in [-0.2, 0) is 17.6 Å². The summed E-state index contributed by atoms with van der Waals surface area (Å²) in [5, 5.41) is 5.72. The fraction of sp³-hybridized carbons (Fsp3) is 0.273. The molecule has 1 amide bonds. The van der Waals surface area contributed by atoms with Gasteiger partial charge in [0, 0.05) is 46.8 Å². The van der Waals surface area contributed by atoms with Gasteiger partial charge in [-0.2, -0.15) is 0 Å². The average molecular weight is 450 g/mol. The van der Waals surface area contributed by atoms with Gasteiger partial charge in [-0.3, -0.25) is 18.6 Å². The zero-order chi connectivity index (χ0) is 20.9. The van der Waals surface area contributed by atoms with Crippen LogP contribution < -0.4 is 10.9 Å². The summed E-state index contributed by atoms with van der Waals surface area (Å²) >= 11 is 3.17. The van der Waals surface area contributed by atoms with Crippen LogP contribution >= 0.6 is 23.1 Å². The van der Waals surface area contributed by atoms with E-state index in [9.17, 15) is 9.59 Å². The molecule has 0 spiro atoms. The summed E-state index contributed by atoms with van der Waals surface area (Å²) in [6.07, 6.45) is 6.92. The molecule has 3 aromatic heterocycles. The van der Waals surface area contributed by atoms with Gasteiger partial charge in [-0.15, -0.1) is 11.3 Å². The Morgan fingerprint density at radius 2 is 2.06 bits per heavy atom. The van der Waals surface area contributed by atoms with Crippen LogP contribution in [0.5, 0.6) is 0 Å². The Morgan fingerprint density at radius 3 is 2.90 bits per heavy atom. The quantitative estimate of drug-likeness (QED) is 0.480. The number of thioether (sulfide) groups is 1. The van der Waals surface area contributed by atoms with E-state index in [-0.39, 0.29) is 23.9 Å². The zero-order valence-electron chi connectivity index (χ0n) is 16.6. The number of amides is 1. The third kappa shape index (κ3) is 3.28. The molecule has 0 fully saturated rings. The van der Waals surface area contributed by atoms with Crippen molar-refractivity contribution in [2.45, 2.75) is 36.9 Å². The maximum atomic E-state index is 12.9. The minimum absolute atomic E-state index is 0.0459. The minimum Gasteiger partial charge on any atom is -0.326 e. The molecule has 6 rings (SSSR count). The Labute approximate surface area is 186 Å². The van der Waals surface area contributed by atoms with Crippen molar-refractivity contribution < 1.29 is 4.79 Å². The van der Waals surface area contributed by atoms with Gasteiger partial charge >= 0.3 is 0 Å². The fourth-order valence-electron chi connectivity index (χ4n) is 4.32. The van der Waals surface area contributed by atoms with E-state index in [0.29, 0.717) is 5.75 Å². The number of anilines is 1. The molecule has 9 heteroatoms. The number of aromatic nitrogens is 4. The third-order valence-corrected chi connectivity index (χ3v) is 7.72. The van der Waals surface area contributed by atoms with Gasteiger partial charge in [0.25, 0.3) is 5.56 Å². The smallest absolute Gasteiger partial charge is 0.257 e. The molecule has 1 atom stereocenters. The largest absolute Gasteiger partial charge is 0.326 e. The summed E-state index contributed by atoms with van der Waals surface area (Å²) in [6, 6.07) is 7.54. The number of carbonyl (C=O) groups excluding carboxylic acids is 1. The van der Waals surface area contributed by atoms with Gasteiger partial charge in [0.15, 0.2) is 10.1 Å². The van der Waals surface area contributed by atoms with E-state index in [0.717, 1.165) is 57.6 Å². The lowest BCUT2D eigenvalue weighted by Crippen LogP contribution is -2.30. The number of benzene rings is 1. The lowest BCUT2D eigenvalue weighted by atomic mass is 10.1. The molecule has 1 aromatic carbocycles. The number of thiazole rings is 1. The summed E-state index contributed by atoms with van der Waals surface area (Å²) in [7, 11) is 0. The summed E-state index contributed by atoms with van der Waals surface area (Å²) in [5.74, 6) is 0.607. The van der Waals surface area contributed by atoms with Crippen molar-refractivity contribution >= 4 is 39.7 Å². The van der Waals surface area contributed by atoms with Gasteiger partial charge < -0.3 is 5.32 Å². The molecule has 7 nitrogen and oxygen atoms in total. The number of nitrogens with zero attached hydrogens (tertiary/aromatic N) is 4. The lowest BCUT2D eigenvalue weighted by Gasteiger charge is -2.14. The summed E-state index contributed by atoms with van der Waals surface area (Å²) in [5.41, 5.74) is 4.48. The molecule has 0 saturated carbocycles. The Balaban J connectivity index is 1.16. The van der Waals surface area contributed by atoms with Crippen LogP contribution in [0.15, 0.2) is 52.0 Å². The van der Waals surface area contributed by atoms with Crippen molar-refractivity contribution in [2.24, 2.45) is 0 Å². The first-order valence-electron chi connectivity index (χ1n) is 10.3. The molecule has 0 radical (unpaired) electrons. The third-order valence-electron chi connectivity index (χ3n) is 5.85. The molecule has 0 bridgehead atoms. The van der Waals surface area contributed by atoms with Crippen molar-refractivity contribution in [3.8, 4) is 11.3 Å². The number of aryl methyl sites for hydroxylation is 1. The Kier molecular flexibility index (Phi) is 4.46. The fourth-order valence-corrected chi connectivity index (χ4v) is 6.17. The molecule has 1 aliphatic carbocycles. The molecule has 156 valence electrons. The number of nitrogens with one attached hydrogen (secondary N) is 1. The first kappa shape index (κ1) is 18.8. The van der Waals surface area contributed by atoms with Crippen LogP contribution in [0.2, 0.25) is 0 Å². The van der Waals surface area contributed by atoms with Crippen LogP contribution in [-0.4, -0.2) is 30.6 Å². The second-order valence-corrected chi connectivity index (χ2v) is 9.72. The molecule has 1 aliphatic heterocycles. The predicted octanol–water partition coefficient (Wildman–Crippen LogP) is 3.78. The zero-order valence-corrected chi connectivity index (χ0v) is 18.2. The van der Waals surface area contributed by atoms with Crippen LogP contribution in [0.1, 0.15) is 30.1 Å². The highest BCUT2D eigenvalue weighted by molar-refractivity contribution is 7.99. The van der Waals surface area contributed by atoms with Gasteiger partial charge in [0.2, 0.25) is 5.91 Å². The number of carbonyl (C=O) groups is 1. The maximum absolute atomic E-state index is 12.9. The minimum atomic E-state index is -0.149. The number of hydrogen-bond acceptors (Lipinski definition) is 6. The first-order chi connectivity index (χ1) is 15.2. The summed E-state index contributed by atoms with van der Waals surface area (Å²) in [6.45, 7) is 0. The van der Waals surface area contributed by atoms with Crippen molar-refractivity contribution in [1.29, 1.82) is 0 Å². The molecule has 4 aromatic rings. The maximum Gasteiger partial charge on any atom is 0.257 e. The van der Waals surface area contributed by atoms with E-state index in [4.69, 9.17) is 0 Å². The van der Waals surface area contributed by atoms with Gasteiger partial charge in [0.1, 0.15) is 0 Å². The monoisotopic (exact) mass is 449 g/mol. The van der Waals surface area contributed by atoms with E-state index in [1.54, 1.807) is 27.7 Å². The van der Waals surface area contributed by atoms with Crippen molar-refractivity contribution in [3.63, 3.8) is 0 Å². The molecule has 2 aliphatic rings. The average Bonchev–Trinajstić information content (AvgIpc) is 3.52. The topological polar surface area (TPSA) is 81.3 Å². The highest BCUT2D eigenvalue weighted by atomic mass is 32.2. The van der Waals surface area contributed by atoms with Crippen LogP contribution in [0.3, 0.4) is 0 Å². The number of rotatable bonds is 4. The molecule has 1 unspecified atom stereocenters. The summed E-state index contributed by atoms with van der Waals surface area (Å²) < 4.78 is 3.74. The molecular formula is C22H19N5O2S2. The van der Waals surface area contributed by atoms with Crippen LogP contribution in [0, 0.1) is 0 Å². The van der Waals surface area contributed by atoms with E-state index in [1.165, 1.54) is 0 Å². The highest BCUT2D eigenvalue weighted by Crippen LogP contribution is 2.34. The first-order valence-corrected chi connectivity index (χ1v) is 12.1. The summed E-state index contributed by atoms with van der Waals surface area (Å²) in [4.78, 5) is 35.8. The standard InChI is InChI=1S/C22H19N5O2S2/c28-19(10-15-12-31-22-24-17-3-1-2-16(17)20(29)27(15)22)23-14-6-4-13(5-7-14)18-11-26-8-9-30-21(26)25-18/h4-9,11,15H,1-3,10,12H2,(H,23,28). The predicted molar refractivity (Wildman–Crippen MR) is 122 cm³/mol. The Bertz CT molecular complexity index is 1340. The SMILES string of the molecule is O=C(CC1CSc2nc3c(c(=O)n21)CCC3)Nc1ccc(-c2cn3ccsc3n2)cc1. The van der Waals surface area contributed by atoms with Crippen molar-refractivity contribution in [2.75, 3.05) is 11.1 Å². The van der Waals surface area contributed by atoms with Crippen molar-refractivity contribution in [3.05, 3.63) is 63.7 Å². The van der Waals surface area contributed by atoms with E-state index < -0.39 is 0 Å². The Hall–Kier alpha value is -2.91. The normalized spacial score (nSPS) is 17.1. The number of fused-ring (bicyclic) bond motifs is 3. The van der Waals surface area contributed by atoms with Crippen molar-refractivity contribution in [1.82, 2.24) is 18.9 Å². The van der Waals surface area contributed by atoms with E-state index in [2.05, 4.69) is 15.3 Å². The molecule has 1 N–H and O–H groups in total. The second kappa shape index (κ2) is 7.35. The lowest BCUT2D eigenvalue weighted by molar-refractivity contribution is -0.116. The molecule has 4 heterocycles. The van der Waals surface area contributed by atoms with Gasteiger partial charge in [-0.05, 0) is 31.4 Å². The highest BCUT2D eigenvalue weighted by Gasteiger charge is 2.31. The van der Waals surface area contributed by atoms with E-state index in [1.807, 2.05) is 46.4 Å². The van der Waals surface area contributed by atoms with Crippen LogP contribution in [0.4, 0.5) is 5.69 Å².